The van der Waals surface area contributed by atoms with Gasteiger partial charge in [0.15, 0.2) is 0 Å². The molecule has 1 N–H and O–H groups in total. The SMILES string of the molecule is Cc1ccncc1NC1CCCCC1(C)C. The average molecular weight is 218 g/mol. The molecule has 0 spiro atoms. The van der Waals surface area contributed by atoms with Crippen LogP contribution in [0.2, 0.25) is 0 Å². The number of aryl methyl sites for hydroxylation is 1. The van der Waals surface area contributed by atoms with Crippen molar-refractivity contribution in [2.45, 2.75) is 52.5 Å². The monoisotopic (exact) mass is 218 g/mol. The summed E-state index contributed by atoms with van der Waals surface area (Å²) in [4.78, 5) is 4.20. The van der Waals surface area contributed by atoms with Crippen LogP contribution in [-0.2, 0) is 0 Å². The van der Waals surface area contributed by atoms with Crippen LogP contribution in [-0.4, -0.2) is 11.0 Å². The van der Waals surface area contributed by atoms with Crippen molar-refractivity contribution in [3.63, 3.8) is 0 Å². The standard InChI is InChI=1S/C14H22N2/c1-11-7-9-15-10-12(11)16-13-6-4-5-8-14(13,2)3/h7,9-10,13,16H,4-6,8H2,1-3H3. The second-order valence-corrected chi connectivity index (χ2v) is 5.62. The van der Waals surface area contributed by atoms with E-state index in [0.29, 0.717) is 11.5 Å². The summed E-state index contributed by atoms with van der Waals surface area (Å²) in [6.45, 7) is 6.88. The number of rotatable bonds is 2. The van der Waals surface area contributed by atoms with Gasteiger partial charge in [-0.25, -0.2) is 0 Å². The van der Waals surface area contributed by atoms with E-state index in [4.69, 9.17) is 0 Å². The van der Waals surface area contributed by atoms with Crippen molar-refractivity contribution >= 4 is 5.69 Å². The van der Waals surface area contributed by atoms with E-state index in [1.165, 1.54) is 36.9 Å². The van der Waals surface area contributed by atoms with E-state index in [2.05, 4.69) is 37.1 Å². The number of nitrogens with one attached hydrogen (secondary N) is 1. The van der Waals surface area contributed by atoms with Crippen LogP contribution in [0.1, 0.15) is 45.1 Å². The maximum atomic E-state index is 4.20. The Hall–Kier alpha value is -1.05. The molecule has 0 saturated heterocycles. The van der Waals surface area contributed by atoms with Crippen LogP contribution in [0.3, 0.4) is 0 Å². The smallest absolute Gasteiger partial charge is 0.0558 e. The van der Waals surface area contributed by atoms with Crippen LogP contribution in [0, 0.1) is 12.3 Å². The number of aromatic nitrogens is 1. The molecule has 0 aliphatic heterocycles. The lowest BCUT2D eigenvalue weighted by molar-refractivity contribution is 0.217. The Morgan fingerprint density at radius 3 is 2.88 bits per heavy atom. The van der Waals surface area contributed by atoms with Gasteiger partial charge in [0.2, 0.25) is 0 Å². The minimum Gasteiger partial charge on any atom is -0.380 e. The fourth-order valence-electron chi connectivity index (χ4n) is 2.56. The number of pyridine rings is 1. The van der Waals surface area contributed by atoms with Crippen molar-refractivity contribution in [1.82, 2.24) is 4.98 Å². The molecule has 88 valence electrons. The first-order valence-electron chi connectivity index (χ1n) is 6.27. The van der Waals surface area contributed by atoms with Crippen molar-refractivity contribution < 1.29 is 0 Å². The van der Waals surface area contributed by atoms with Gasteiger partial charge in [-0.3, -0.25) is 4.98 Å². The first-order chi connectivity index (χ1) is 7.59. The number of hydrogen-bond donors (Lipinski definition) is 1. The van der Waals surface area contributed by atoms with Crippen molar-refractivity contribution in [1.29, 1.82) is 0 Å². The van der Waals surface area contributed by atoms with E-state index in [-0.39, 0.29) is 0 Å². The molecule has 0 bridgehead atoms. The topological polar surface area (TPSA) is 24.9 Å². The van der Waals surface area contributed by atoms with Crippen molar-refractivity contribution in [2.75, 3.05) is 5.32 Å². The zero-order chi connectivity index (χ0) is 11.6. The zero-order valence-corrected chi connectivity index (χ0v) is 10.6. The predicted octanol–water partition coefficient (Wildman–Crippen LogP) is 3.77. The molecule has 1 unspecified atom stereocenters. The Morgan fingerprint density at radius 1 is 1.38 bits per heavy atom. The van der Waals surface area contributed by atoms with Crippen LogP contribution in [0.15, 0.2) is 18.5 Å². The molecule has 1 heterocycles. The van der Waals surface area contributed by atoms with Crippen molar-refractivity contribution in [2.24, 2.45) is 5.41 Å². The largest absolute Gasteiger partial charge is 0.380 e. The lowest BCUT2D eigenvalue weighted by atomic mass is 9.73. The third-order valence-corrected chi connectivity index (χ3v) is 3.88. The second kappa shape index (κ2) is 4.44. The highest BCUT2D eigenvalue weighted by atomic mass is 15.0. The summed E-state index contributed by atoms with van der Waals surface area (Å²) in [5.74, 6) is 0. The average Bonchev–Trinajstić information content (AvgIpc) is 2.24. The van der Waals surface area contributed by atoms with E-state index in [1.54, 1.807) is 0 Å². The summed E-state index contributed by atoms with van der Waals surface area (Å²) in [6.07, 6.45) is 9.12. The molecule has 2 heteroatoms. The van der Waals surface area contributed by atoms with Crippen LogP contribution in [0.5, 0.6) is 0 Å². The van der Waals surface area contributed by atoms with Gasteiger partial charge in [-0.15, -0.1) is 0 Å². The summed E-state index contributed by atoms with van der Waals surface area (Å²) in [5, 5.41) is 3.68. The van der Waals surface area contributed by atoms with E-state index < -0.39 is 0 Å². The first-order valence-corrected chi connectivity index (χ1v) is 6.27. The zero-order valence-electron chi connectivity index (χ0n) is 10.6. The predicted molar refractivity (Wildman–Crippen MR) is 68.6 cm³/mol. The van der Waals surface area contributed by atoms with Crippen molar-refractivity contribution in [3.8, 4) is 0 Å². The molecule has 1 atom stereocenters. The lowest BCUT2D eigenvalue weighted by Crippen LogP contribution is -2.39. The molecule has 0 radical (unpaired) electrons. The summed E-state index contributed by atoms with van der Waals surface area (Å²) < 4.78 is 0. The molecule has 0 aromatic carbocycles. The summed E-state index contributed by atoms with van der Waals surface area (Å²) in [5.41, 5.74) is 2.89. The van der Waals surface area contributed by atoms with Crippen LogP contribution in [0.25, 0.3) is 0 Å². The van der Waals surface area contributed by atoms with E-state index in [1.807, 2.05) is 12.4 Å². The lowest BCUT2D eigenvalue weighted by Gasteiger charge is -2.39. The molecule has 16 heavy (non-hydrogen) atoms. The van der Waals surface area contributed by atoms with Gasteiger partial charge in [0.1, 0.15) is 0 Å². The van der Waals surface area contributed by atoms with E-state index in [0.717, 1.165) is 0 Å². The van der Waals surface area contributed by atoms with Gasteiger partial charge in [-0.2, -0.15) is 0 Å². The van der Waals surface area contributed by atoms with Crippen LogP contribution >= 0.6 is 0 Å². The minimum absolute atomic E-state index is 0.403. The molecule has 2 rings (SSSR count). The van der Waals surface area contributed by atoms with Gasteiger partial charge in [-0.05, 0) is 36.8 Å². The number of anilines is 1. The number of hydrogen-bond acceptors (Lipinski definition) is 2. The Balaban J connectivity index is 2.12. The maximum absolute atomic E-state index is 4.20. The fraction of sp³-hybridized carbons (Fsp3) is 0.643. The molecule has 1 aromatic rings. The Kier molecular flexibility index (Phi) is 3.17. The van der Waals surface area contributed by atoms with Gasteiger partial charge in [-0.1, -0.05) is 26.7 Å². The van der Waals surface area contributed by atoms with Gasteiger partial charge < -0.3 is 5.32 Å². The summed E-state index contributed by atoms with van der Waals surface area (Å²) in [7, 11) is 0. The third-order valence-electron chi connectivity index (χ3n) is 3.88. The highest BCUT2D eigenvalue weighted by Gasteiger charge is 2.32. The molecule has 0 amide bonds. The molecular formula is C14H22N2. The normalized spacial score (nSPS) is 24.1. The third kappa shape index (κ3) is 2.37. The van der Waals surface area contributed by atoms with E-state index in [9.17, 15) is 0 Å². The van der Waals surface area contributed by atoms with Gasteiger partial charge >= 0.3 is 0 Å². The molecule has 1 saturated carbocycles. The van der Waals surface area contributed by atoms with Crippen molar-refractivity contribution in [3.05, 3.63) is 24.0 Å². The Labute approximate surface area is 98.5 Å². The maximum Gasteiger partial charge on any atom is 0.0558 e. The molecule has 1 aliphatic rings. The van der Waals surface area contributed by atoms with E-state index >= 15 is 0 Å². The van der Waals surface area contributed by atoms with Gasteiger partial charge in [0.05, 0.1) is 11.9 Å². The highest BCUT2D eigenvalue weighted by molar-refractivity contribution is 5.49. The first kappa shape index (κ1) is 11.4. The molecule has 1 aliphatic carbocycles. The summed E-state index contributed by atoms with van der Waals surface area (Å²) in [6, 6.07) is 2.65. The fourth-order valence-corrected chi connectivity index (χ4v) is 2.56. The Bertz CT molecular complexity index is 358. The van der Waals surface area contributed by atoms with Gasteiger partial charge in [0.25, 0.3) is 0 Å². The van der Waals surface area contributed by atoms with Crippen LogP contribution < -0.4 is 5.32 Å². The molecule has 2 nitrogen and oxygen atoms in total. The molecule has 1 aromatic heterocycles. The van der Waals surface area contributed by atoms with Crippen LogP contribution in [0.4, 0.5) is 5.69 Å². The van der Waals surface area contributed by atoms with Gasteiger partial charge in [0, 0.05) is 12.2 Å². The minimum atomic E-state index is 0.403. The second-order valence-electron chi connectivity index (χ2n) is 5.62. The molecular weight excluding hydrogens is 196 g/mol. The molecule has 1 fully saturated rings. The Morgan fingerprint density at radius 2 is 2.19 bits per heavy atom. The number of nitrogens with zero attached hydrogens (tertiary/aromatic N) is 1. The quantitative estimate of drug-likeness (QED) is 0.817. The highest BCUT2D eigenvalue weighted by Crippen LogP contribution is 2.37. The summed E-state index contributed by atoms with van der Waals surface area (Å²) >= 11 is 0.